The molecule has 12 heteroatoms. The van der Waals surface area contributed by atoms with E-state index in [1.54, 1.807) is 24.3 Å². The third-order valence-electron chi connectivity index (χ3n) is 7.63. The van der Waals surface area contributed by atoms with Crippen LogP contribution in [0.1, 0.15) is 77.3 Å². The fraction of sp³-hybridized carbons (Fsp3) is 0.514. The monoisotopic (exact) mass is 679 g/mol. The minimum absolute atomic E-state index is 0.182. The van der Waals surface area contributed by atoms with Crippen LogP contribution in [0.3, 0.4) is 0 Å². The Labute approximate surface area is 290 Å². The molecule has 5 N–H and O–H groups in total. The molecule has 0 bridgehead atoms. The largest absolute Gasteiger partial charge is 0.381 e. The number of benzene rings is 2. The van der Waals surface area contributed by atoms with E-state index in [2.05, 4.69) is 17.2 Å². The van der Waals surface area contributed by atoms with Crippen LogP contribution < -0.4 is 21.7 Å². The van der Waals surface area contributed by atoms with Gasteiger partial charge in [0.05, 0.1) is 26.4 Å². The van der Waals surface area contributed by atoms with Gasteiger partial charge in [-0.3, -0.25) is 14.4 Å². The first-order chi connectivity index (χ1) is 23.9. The van der Waals surface area contributed by atoms with Crippen LogP contribution in [0.25, 0.3) is 6.08 Å². The first-order valence-electron chi connectivity index (χ1n) is 17.3. The van der Waals surface area contributed by atoms with Crippen molar-refractivity contribution in [1.29, 1.82) is 0 Å². The molecule has 268 valence electrons. The van der Waals surface area contributed by atoms with Gasteiger partial charge in [-0.15, -0.1) is 0 Å². The molecule has 0 fully saturated rings. The predicted octanol–water partition coefficient (Wildman–Crippen LogP) is 3.90. The van der Waals surface area contributed by atoms with Crippen molar-refractivity contribution in [3.63, 3.8) is 0 Å². The van der Waals surface area contributed by atoms with Crippen molar-refractivity contribution >= 4 is 35.3 Å². The number of nitrogens with one attached hydrogen (secondary N) is 1. The van der Waals surface area contributed by atoms with E-state index in [0.29, 0.717) is 76.9 Å². The average molecular weight is 680 g/mol. The van der Waals surface area contributed by atoms with Crippen molar-refractivity contribution in [3.8, 4) is 0 Å². The molecule has 0 radical (unpaired) electrons. The van der Waals surface area contributed by atoms with Crippen LogP contribution in [0, 0.1) is 0 Å². The third-order valence-corrected chi connectivity index (χ3v) is 7.63. The van der Waals surface area contributed by atoms with E-state index in [1.807, 2.05) is 23.1 Å². The highest BCUT2D eigenvalue weighted by molar-refractivity contribution is 6.13. The number of ether oxygens (including phenoxy) is 4. The summed E-state index contributed by atoms with van der Waals surface area (Å²) in [4.78, 5) is 43.3. The Hall–Kier alpha value is -3.94. The summed E-state index contributed by atoms with van der Waals surface area (Å²) in [5.41, 5.74) is 14.3. The molecule has 0 aliphatic carbocycles. The molecule has 0 unspecified atom stereocenters. The van der Waals surface area contributed by atoms with Gasteiger partial charge in [-0.1, -0.05) is 19.1 Å². The van der Waals surface area contributed by atoms with Gasteiger partial charge in [0.25, 0.3) is 5.91 Å². The maximum absolute atomic E-state index is 13.0. The zero-order valence-corrected chi connectivity index (χ0v) is 28.8. The molecule has 49 heavy (non-hydrogen) atoms. The number of hydrogen-bond acceptors (Lipinski definition) is 8. The molecule has 0 atom stereocenters. The first kappa shape index (κ1) is 39.5. The van der Waals surface area contributed by atoms with Gasteiger partial charge >= 0.3 is 0 Å². The van der Waals surface area contributed by atoms with E-state index in [-0.39, 0.29) is 11.5 Å². The second-order valence-electron chi connectivity index (χ2n) is 11.6. The molecule has 2 aromatic carbocycles. The fourth-order valence-electron chi connectivity index (χ4n) is 5.11. The molecule has 1 heterocycles. The van der Waals surface area contributed by atoms with Crippen molar-refractivity contribution < 1.29 is 33.3 Å². The van der Waals surface area contributed by atoms with Crippen molar-refractivity contribution in [2.45, 2.75) is 51.9 Å². The number of fused-ring (bicyclic) bond motifs is 1. The first-order valence-corrected chi connectivity index (χ1v) is 17.3. The Bertz CT molecular complexity index is 1380. The van der Waals surface area contributed by atoms with Crippen molar-refractivity contribution in [1.82, 2.24) is 5.32 Å². The van der Waals surface area contributed by atoms with Gasteiger partial charge in [-0.2, -0.15) is 4.99 Å². The van der Waals surface area contributed by atoms with Crippen LogP contribution in [0.2, 0.25) is 0 Å². The standard InChI is InChI=1S/C37H53N5O7/c1-2-17-42-33-13-11-29(26-32(33)28-34(42)41-37(45)31-10-6-9-30(27-31)36(39)44)12-14-35(43)40-16-8-21-48-23-25-49-24-22-47-19-5-3-4-18-46-20-7-15-38/h6,9-14,26-27H,2-5,7-8,15-25,28,38H2,1H3,(H2,39,44)(H,40,43)/b14-12+,41-34?. The van der Waals surface area contributed by atoms with Crippen LogP contribution in [0.5, 0.6) is 0 Å². The van der Waals surface area contributed by atoms with E-state index in [0.717, 1.165) is 68.7 Å². The van der Waals surface area contributed by atoms with Crippen LogP contribution >= 0.6 is 0 Å². The molecular weight excluding hydrogens is 626 g/mol. The number of amides is 3. The fourth-order valence-corrected chi connectivity index (χ4v) is 5.11. The van der Waals surface area contributed by atoms with Gasteiger partial charge in [0.1, 0.15) is 5.84 Å². The highest BCUT2D eigenvalue weighted by Crippen LogP contribution is 2.31. The summed E-state index contributed by atoms with van der Waals surface area (Å²) in [5.74, 6) is -0.563. The highest BCUT2D eigenvalue weighted by Gasteiger charge is 2.26. The lowest BCUT2D eigenvalue weighted by Crippen LogP contribution is -2.28. The van der Waals surface area contributed by atoms with Crippen LogP contribution in [0.15, 0.2) is 53.5 Å². The maximum atomic E-state index is 13.0. The highest BCUT2D eigenvalue weighted by atomic mass is 16.5. The number of anilines is 1. The average Bonchev–Trinajstić information content (AvgIpc) is 3.44. The minimum Gasteiger partial charge on any atom is -0.381 e. The Morgan fingerprint density at radius 3 is 2.18 bits per heavy atom. The number of hydrogen-bond donors (Lipinski definition) is 3. The normalized spacial score (nSPS) is 13.3. The second-order valence-corrected chi connectivity index (χ2v) is 11.6. The van der Waals surface area contributed by atoms with Gasteiger partial charge in [0.2, 0.25) is 11.8 Å². The summed E-state index contributed by atoms with van der Waals surface area (Å²) in [6, 6.07) is 12.2. The molecule has 3 rings (SSSR count). The summed E-state index contributed by atoms with van der Waals surface area (Å²) in [7, 11) is 0. The van der Waals surface area contributed by atoms with Crippen molar-refractivity contribution in [2.75, 3.05) is 77.4 Å². The van der Waals surface area contributed by atoms with Gasteiger partial charge < -0.3 is 40.6 Å². The lowest BCUT2D eigenvalue weighted by Gasteiger charge is -2.19. The van der Waals surface area contributed by atoms with E-state index >= 15 is 0 Å². The topological polar surface area (TPSA) is 168 Å². The van der Waals surface area contributed by atoms with Crippen molar-refractivity contribution in [3.05, 3.63) is 70.8 Å². The molecule has 0 spiro atoms. The number of carbonyl (C=O) groups excluding carboxylic acids is 3. The SMILES string of the molecule is CCCN1C(=NC(=O)c2cccc(C(N)=O)c2)Cc2cc(/C=C/C(=O)NCCCOCCOCCOCCCCCOCCCN)ccc21. The number of aliphatic imine (C=N–C) groups is 1. The number of amidine groups is 1. The maximum Gasteiger partial charge on any atom is 0.278 e. The summed E-state index contributed by atoms with van der Waals surface area (Å²) in [6.07, 6.45) is 9.39. The summed E-state index contributed by atoms with van der Waals surface area (Å²) >= 11 is 0. The van der Waals surface area contributed by atoms with E-state index < -0.39 is 11.8 Å². The smallest absolute Gasteiger partial charge is 0.278 e. The zero-order chi connectivity index (χ0) is 35.1. The molecule has 0 saturated carbocycles. The van der Waals surface area contributed by atoms with Gasteiger partial charge in [-0.25, -0.2) is 0 Å². The van der Waals surface area contributed by atoms with Gasteiger partial charge in [0, 0.05) is 68.8 Å². The zero-order valence-electron chi connectivity index (χ0n) is 28.8. The molecular formula is C37H53N5O7. The number of rotatable bonds is 25. The quantitative estimate of drug-likeness (QED) is 0.104. The second kappa shape index (κ2) is 23.4. The Kier molecular flexibility index (Phi) is 18.9. The van der Waals surface area contributed by atoms with E-state index in [1.165, 1.54) is 12.1 Å². The minimum atomic E-state index is -0.597. The van der Waals surface area contributed by atoms with E-state index in [9.17, 15) is 14.4 Å². The molecule has 2 aromatic rings. The molecule has 1 aliphatic rings. The third kappa shape index (κ3) is 15.0. The van der Waals surface area contributed by atoms with Crippen LogP contribution in [0.4, 0.5) is 5.69 Å². The number of primary amides is 1. The van der Waals surface area contributed by atoms with Crippen LogP contribution in [-0.4, -0.2) is 96.0 Å². The Balaban J connectivity index is 1.28. The molecule has 0 saturated heterocycles. The lowest BCUT2D eigenvalue weighted by atomic mass is 10.1. The Morgan fingerprint density at radius 1 is 0.837 bits per heavy atom. The van der Waals surface area contributed by atoms with Gasteiger partial charge in [-0.05, 0) is 92.6 Å². The molecule has 3 amide bonds. The number of nitrogens with zero attached hydrogens (tertiary/aromatic N) is 2. The molecule has 0 aromatic heterocycles. The Morgan fingerprint density at radius 2 is 1.49 bits per heavy atom. The lowest BCUT2D eigenvalue weighted by molar-refractivity contribution is -0.116. The molecule has 12 nitrogen and oxygen atoms in total. The number of carbonyl (C=O) groups is 3. The number of unbranched alkanes of at least 4 members (excludes halogenated alkanes) is 2. The van der Waals surface area contributed by atoms with Crippen molar-refractivity contribution in [2.24, 2.45) is 16.5 Å². The molecule has 1 aliphatic heterocycles. The summed E-state index contributed by atoms with van der Waals surface area (Å²) in [5, 5.41) is 2.88. The van der Waals surface area contributed by atoms with Crippen LogP contribution in [-0.2, 0) is 30.2 Å². The van der Waals surface area contributed by atoms with Gasteiger partial charge in [0.15, 0.2) is 0 Å². The van der Waals surface area contributed by atoms with E-state index in [4.69, 9.17) is 30.4 Å². The summed E-state index contributed by atoms with van der Waals surface area (Å²) < 4.78 is 22.2. The predicted molar refractivity (Wildman–Crippen MR) is 192 cm³/mol. The number of nitrogens with two attached hydrogens (primary N) is 2. The summed E-state index contributed by atoms with van der Waals surface area (Å²) in [6.45, 7) is 8.84.